The molecule has 1 N–H and O–H groups in total. The fraction of sp³-hybridized carbons (Fsp3) is 0. The van der Waals surface area contributed by atoms with Crippen molar-refractivity contribution in [3.8, 4) is 5.75 Å². The number of hydrogen-bond acceptors (Lipinski definition) is 3. The van der Waals surface area contributed by atoms with Crippen LogP contribution in [0.3, 0.4) is 0 Å². The number of aldehydes is 1. The molecule has 0 amide bonds. The number of benzene rings is 1. The van der Waals surface area contributed by atoms with Crippen molar-refractivity contribution in [2.24, 2.45) is 0 Å². The average molecular weight is 257 g/mol. The van der Waals surface area contributed by atoms with Crippen molar-refractivity contribution in [2.45, 2.75) is 0 Å². The van der Waals surface area contributed by atoms with Crippen molar-refractivity contribution in [3.05, 3.63) is 27.5 Å². The molecule has 0 spiro atoms. The highest BCUT2D eigenvalue weighted by molar-refractivity contribution is 9.10. The molecule has 13 heavy (non-hydrogen) atoms. The molecule has 0 bridgehead atoms. The van der Waals surface area contributed by atoms with E-state index in [0.29, 0.717) is 10.0 Å². The summed E-state index contributed by atoms with van der Waals surface area (Å²) in [5, 5.41) is 12.2. The predicted molar refractivity (Wildman–Crippen MR) is 56.6 cm³/mol. The van der Waals surface area contributed by atoms with Gasteiger partial charge in [-0.1, -0.05) is 0 Å². The molecule has 1 aromatic heterocycles. The monoisotopic (exact) mass is 256 g/mol. The quantitative estimate of drug-likeness (QED) is 0.796. The first-order valence-electron chi connectivity index (χ1n) is 3.58. The zero-order valence-electron chi connectivity index (χ0n) is 6.45. The largest absolute Gasteiger partial charge is 0.507 e. The number of hydrogen-bond donors (Lipinski definition) is 1. The molecular formula is C9H5BrO2S. The number of carbonyl (C=O) groups is 1. The van der Waals surface area contributed by atoms with Crippen LogP contribution < -0.4 is 0 Å². The van der Waals surface area contributed by atoms with Gasteiger partial charge in [0.25, 0.3) is 0 Å². The van der Waals surface area contributed by atoms with Crippen LogP contribution in [-0.2, 0) is 0 Å². The van der Waals surface area contributed by atoms with Crippen molar-refractivity contribution in [3.63, 3.8) is 0 Å². The highest BCUT2D eigenvalue weighted by Gasteiger charge is 2.10. The van der Waals surface area contributed by atoms with Gasteiger partial charge in [0.15, 0.2) is 6.29 Å². The third kappa shape index (κ3) is 1.26. The van der Waals surface area contributed by atoms with E-state index in [0.717, 1.165) is 16.4 Å². The van der Waals surface area contributed by atoms with E-state index >= 15 is 0 Å². The molecular weight excluding hydrogens is 252 g/mol. The number of phenolic OH excluding ortho intramolecular Hbond substituents is 1. The maximum absolute atomic E-state index is 10.8. The summed E-state index contributed by atoms with van der Waals surface area (Å²) in [6.07, 6.45) is 0.749. The van der Waals surface area contributed by atoms with Crippen molar-refractivity contribution in [1.82, 2.24) is 0 Å². The van der Waals surface area contributed by atoms with Gasteiger partial charge in [0.05, 0.1) is 4.47 Å². The van der Waals surface area contributed by atoms with Crippen molar-refractivity contribution < 1.29 is 9.90 Å². The summed E-state index contributed by atoms with van der Waals surface area (Å²) in [7, 11) is 0. The minimum Gasteiger partial charge on any atom is -0.507 e. The molecule has 0 aliphatic heterocycles. The first kappa shape index (κ1) is 8.72. The van der Waals surface area contributed by atoms with Gasteiger partial charge in [-0.05, 0) is 33.4 Å². The molecule has 66 valence electrons. The Hall–Kier alpha value is -0.870. The van der Waals surface area contributed by atoms with Crippen LogP contribution in [0.15, 0.2) is 22.0 Å². The van der Waals surface area contributed by atoms with Gasteiger partial charge in [0.1, 0.15) is 5.75 Å². The molecule has 1 aromatic carbocycles. The number of fused-ring (bicyclic) bond motifs is 1. The molecule has 0 aliphatic rings. The van der Waals surface area contributed by atoms with Crippen LogP contribution >= 0.6 is 27.3 Å². The van der Waals surface area contributed by atoms with Gasteiger partial charge >= 0.3 is 0 Å². The second-order valence-electron chi connectivity index (χ2n) is 2.57. The van der Waals surface area contributed by atoms with Crippen molar-refractivity contribution in [1.29, 1.82) is 0 Å². The van der Waals surface area contributed by atoms with Gasteiger partial charge in [0.2, 0.25) is 0 Å². The Labute approximate surface area is 86.9 Å². The average Bonchev–Trinajstić information content (AvgIpc) is 2.54. The lowest BCUT2D eigenvalue weighted by molar-refractivity contribution is 0.112. The minimum absolute atomic E-state index is 0.108. The SMILES string of the molecule is O=Cc1c(Br)c(O)cc2sccc12. The van der Waals surface area contributed by atoms with Gasteiger partial charge in [-0.15, -0.1) is 11.3 Å². The topological polar surface area (TPSA) is 37.3 Å². The molecule has 1 heterocycles. The third-order valence-electron chi connectivity index (χ3n) is 1.83. The zero-order chi connectivity index (χ0) is 9.42. The van der Waals surface area contributed by atoms with Crippen LogP contribution in [0.1, 0.15) is 10.4 Å². The first-order chi connectivity index (χ1) is 6.24. The Morgan fingerprint density at radius 3 is 3.00 bits per heavy atom. The summed E-state index contributed by atoms with van der Waals surface area (Å²) in [5.74, 6) is 0.108. The summed E-state index contributed by atoms with van der Waals surface area (Å²) >= 11 is 4.67. The Balaban J connectivity index is 2.95. The van der Waals surface area contributed by atoms with Crippen molar-refractivity contribution >= 4 is 43.6 Å². The molecule has 4 heteroatoms. The van der Waals surface area contributed by atoms with Gasteiger partial charge in [-0.3, -0.25) is 4.79 Å². The summed E-state index contributed by atoms with van der Waals surface area (Å²) < 4.78 is 1.39. The zero-order valence-corrected chi connectivity index (χ0v) is 8.85. The van der Waals surface area contributed by atoms with Crippen molar-refractivity contribution in [2.75, 3.05) is 0 Å². The van der Waals surface area contributed by atoms with E-state index in [4.69, 9.17) is 0 Å². The Morgan fingerprint density at radius 2 is 2.31 bits per heavy atom. The number of carbonyl (C=O) groups excluding carboxylic acids is 1. The van der Waals surface area contributed by atoms with Crippen LogP contribution in [0.2, 0.25) is 0 Å². The van der Waals surface area contributed by atoms with E-state index in [-0.39, 0.29) is 5.75 Å². The summed E-state index contributed by atoms with van der Waals surface area (Å²) in [6, 6.07) is 3.52. The highest BCUT2D eigenvalue weighted by atomic mass is 79.9. The summed E-state index contributed by atoms with van der Waals surface area (Å²) in [4.78, 5) is 10.8. The van der Waals surface area contributed by atoms with Gasteiger partial charge in [0, 0.05) is 15.6 Å². The molecule has 0 fully saturated rings. The molecule has 2 rings (SSSR count). The van der Waals surface area contributed by atoms with Crippen LogP contribution in [0.5, 0.6) is 5.75 Å². The molecule has 0 saturated carbocycles. The van der Waals surface area contributed by atoms with Crippen LogP contribution in [0.4, 0.5) is 0 Å². The van der Waals surface area contributed by atoms with E-state index in [9.17, 15) is 9.90 Å². The summed E-state index contributed by atoms with van der Waals surface area (Å²) in [5.41, 5.74) is 0.510. The molecule has 0 saturated heterocycles. The number of thiophene rings is 1. The molecule has 2 nitrogen and oxygen atoms in total. The second kappa shape index (κ2) is 3.12. The van der Waals surface area contributed by atoms with Crippen LogP contribution in [0.25, 0.3) is 10.1 Å². The highest BCUT2D eigenvalue weighted by Crippen LogP contribution is 2.35. The minimum atomic E-state index is 0.108. The maximum Gasteiger partial charge on any atom is 0.151 e. The van der Waals surface area contributed by atoms with Crippen LogP contribution in [0, 0.1) is 0 Å². The first-order valence-corrected chi connectivity index (χ1v) is 5.25. The maximum atomic E-state index is 10.8. The Morgan fingerprint density at radius 1 is 1.54 bits per heavy atom. The number of aromatic hydroxyl groups is 1. The van der Waals surface area contributed by atoms with E-state index in [1.54, 1.807) is 6.07 Å². The Kier molecular flexibility index (Phi) is 2.09. The van der Waals surface area contributed by atoms with Gasteiger partial charge < -0.3 is 5.11 Å². The molecule has 0 aliphatic carbocycles. The third-order valence-corrected chi connectivity index (χ3v) is 3.53. The lowest BCUT2D eigenvalue weighted by atomic mass is 10.1. The van der Waals surface area contributed by atoms with E-state index < -0.39 is 0 Å². The lowest BCUT2D eigenvalue weighted by Gasteiger charge is -2.01. The lowest BCUT2D eigenvalue weighted by Crippen LogP contribution is -1.83. The predicted octanol–water partition coefficient (Wildman–Crippen LogP) is 3.18. The number of halogens is 1. The Bertz CT molecular complexity index is 476. The van der Waals surface area contributed by atoms with Gasteiger partial charge in [-0.25, -0.2) is 0 Å². The molecule has 2 aromatic rings. The molecule has 0 radical (unpaired) electrons. The number of phenols is 1. The smallest absolute Gasteiger partial charge is 0.151 e. The molecule has 0 unspecified atom stereocenters. The van der Waals surface area contributed by atoms with E-state index in [2.05, 4.69) is 15.9 Å². The van der Waals surface area contributed by atoms with Gasteiger partial charge in [-0.2, -0.15) is 0 Å². The number of rotatable bonds is 1. The standard InChI is InChI=1S/C9H5BrO2S/c10-9-6(4-11)5-1-2-13-8(5)3-7(9)12/h1-4,12H. The van der Waals surface area contributed by atoms with E-state index in [1.807, 2.05) is 11.4 Å². The summed E-state index contributed by atoms with van der Waals surface area (Å²) in [6.45, 7) is 0. The van der Waals surface area contributed by atoms with E-state index in [1.165, 1.54) is 11.3 Å². The second-order valence-corrected chi connectivity index (χ2v) is 4.31. The fourth-order valence-electron chi connectivity index (χ4n) is 1.21. The normalized spacial score (nSPS) is 10.5. The fourth-order valence-corrected chi connectivity index (χ4v) is 2.47. The molecule has 0 atom stereocenters. The van der Waals surface area contributed by atoms with Crippen LogP contribution in [-0.4, -0.2) is 11.4 Å².